The first-order valence-corrected chi connectivity index (χ1v) is 29.6. The van der Waals surface area contributed by atoms with Gasteiger partial charge in [0.2, 0.25) is 11.8 Å². The van der Waals surface area contributed by atoms with E-state index in [0.29, 0.717) is 32.4 Å². The van der Waals surface area contributed by atoms with Crippen molar-refractivity contribution in [2.24, 2.45) is 104 Å². The first-order chi connectivity index (χ1) is 34.9. The maximum atomic E-state index is 14.3. The number of carbonyl (C=O) groups is 6. The van der Waals surface area contributed by atoms with Crippen molar-refractivity contribution in [1.29, 1.82) is 0 Å². The molecule has 4 amide bonds. The van der Waals surface area contributed by atoms with Crippen LogP contribution in [0.3, 0.4) is 0 Å². The van der Waals surface area contributed by atoms with Crippen LogP contribution in [0.5, 0.6) is 0 Å². The van der Waals surface area contributed by atoms with Crippen molar-refractivity contribution in [2.45, 2.75) is 198 Å². The van der Waals surface area contributed by atoms with Crippen molar-refractivity contribution in [3.63, 3.8) is 0 Å². The third-order valence-corrected chi connectivity index (χ3v) is 24.5. The molecule has 6 saturated carbocycles. The number of imide groups is 2. The van der Waals surface area contributed by atoms with Gasteiger partial charge in [-0.15, -0.1) is 0 Å². The molecule has 2 aliphatic heterocycles. The summed E-state index contributed by atoms with van der Waals surface area (Å²) < 4.78 is 18.7. The Morgan fingerprint density at radius 1 is 0.653 bits per heavy atom. The molecular weight excluding hydrogens is 949 g/mol. The van der Waals surface area contributed by atoms with E-state index in [9.17, 15) is 33.9 Å². The van der Waals surface area contributed by atoms with E-state index >= 15 is 0 Å². The quantitative estimate of drug-likeness (QED) is 0.220. The first kappa shape index (κ1) is 59.7. The number of carbonyl (C=O) groups excluding carboxylic acids is 6. The fourth-order valence-corrected chi connectivity index (χ4v) is 17.9. The van der Waals surface area contributed by atoms with Gasteiger partial charge in [0.05, 0.1) is 24.0 Å². The van der Waals surface area contributed by atoms with Crippen molar-refractivity contribution in [3.05, 3.63) is 0 Å². The topological polar surface area (TPSA) is 181 Å². The molecule has 14 nitrogen and oxygen atoms in total. The third-order valence-electron chi connectivity index (χ3n) is 24.5. The Morgan fingerprint density at radius 3 is 1.63 bits per heavy atom. The molecule has 0 aromatic rings. The molecule has 6 aliphatic carbocycles. The van der Waals surface area contributed by atoms with Gasteiger partial charge in [-0.3, -0.25) is 29.8 Å². The number of hydrogen-bond acceptors (Lipinski definition) is 12. The van der Waals surface area contributed by atoms with E-state index < -0.39 is 46.7 Å². The number of methoxy groups -OCH3 is 1. The number of aliphatic hydroxyl groups is 1. The largest absolute Gasteiger partial charge is 0.445 e. The number of rotatable bonds is 7. The van der Waals surface area contributed by atoms with Crippen LogP contribution in [0.25, 0.3) is 0 Å². The zero-order valence-electron chi connectivity index (χ0n) is 49.6. The number of piperidine rings is 2. The van der Waals surface area contributed by atoms with Crippen LogP contribution < -0.4 is 10.6 Å². The van der Waals surface area contributed by atoms with Crippen molar-refractivity contribution in [1.82, 2.24) is 20.4 Å². The summed E-state index contributed by atoms with van der Waals surface area (Å²) >= 11 is 0. The lowest BCUT2D eigenvalue weighted by Gasteiger charge is -2.62. The number of nitrogens with zero attached hydrogens (tertiary/aromatic N) is 2. The van der Waals surface area contributed by atoms with Gasteiger partial charge >= 0.3 is 12.2 Å². The number of hydrogen-bond donors (Lipinski definition) is 3. The highest BCUT2D eigenvalue weighted by molar-refractivity contribution is 5.94. The zero-order valence-corrected chi connectivity index (χ0v) is 49.6. The molecule has 20 atom stereocenters. The van der Waals surface area contributed by atoms with Crippen molar-refractivity contribution in [3.8, 4) is 0 Å². The van der Waals surface area contributed by atoms with Crippen LogP contribution in [-0.4, -0.2) is 122 Å². The van der Waals surface area contributed by atoms with Gasteiger partial charge in [0.25, 0.3) is 0 Å². The fourth-order valence-electron chi connectivity index (χ4n) is 17.9. The molecule has 0 spiro atoms. The van der Waals surface area contributed by atoms with E-state index in [2.05, 4.69) is 117 Å². The number of likely N-dealkylation sites (tertiary alicyclic amines) is 2. The second kappa shape index (κ2) is 21.9. The van der Waals surface area contributed by atoms with Crippen LogP contribution in [0.15, 0.2) is 0 Å². The van der Waals surface area contributed by atoms with Crippen LogP contribution >= 0.6 is 0 Å². The summed E-state index contributed by atoms with van der Waals surface area (Å²) in [7, 11) is 5.78. The van der Waals surface area contributed by atoms with Crippen LogP contribution in [0.4, 0.5) is 9.59 Å². The van der Waals surface area contributed by atoms with E-state index in [1.54, 1.807) is 7.11 Å². The van der Waals surface area contributed by atoms with E-state index in [1.165, 1.54) is 0 Å². The minimum absolute atomic E-state index is 0.0238. The number of ether oxygens (including phenoxy) is 3. The minimum Gasteiger partial charge on any atom is -0.445 e. The highest BCUT2D eigenvalue weighted by atomic mass is 16.6. The second-order valence-electron chi connectivity index (χ2n) is 28.3. The third kappa shape index (κ3) is 10.1. The maximum Gasteiger partial charge on any atom is 0.414 e. The highest BCUT2D eigenvalue weighted by Gasteiger charge is 2.71. The molecule has 426 valence electrons. The second-order valence-corrected chi connectivity index (χ2v) is 28.3. The Hall–Kier alpha value is -2.94. The predicted octanol–water partition coefficient (Wildman–Crippen LogP) is 9.97. The molecule has 2 saturated heterocycles. The average Bonchev–Trinajstić information content (AvgIpc) is 3.93. The first-order valence-electron chi connectivity index (χ1n) is 29.6. The average molecular weight is 1050 g/mol. The van der Waals surface area contributed by atoms with Crippen LogP contribution in [0, 0.1) is 104 Å². The number of Topliss-reactive ketones (excluding diaryl/α,β-unsaturated/α-hetero) is 2. The molecule has 3 N–H and O–H groups in total. The molecule has 0 radical (unpaired) electrons. The van der Waals surface area contributed by atoms with Gasteiger partial charge in [0.1, 0.15) is 23.8 Å². The van der Waals surface area contributed by atoms with Gasteiger partial charge in [0.15, 0.2) is 0 Å². The Morgan fingerprint density at radius 2 is 1.13 bits per heavy atom. The van der Waals surface area contributed by atoms with E-state index in [0.717, 1.165) is 70.9 Å². The molecule has 4 bridgehead atoms. The summed E-state index contributed by atoms with van der Waals surface area (Å²) in [6.45, 7) is 33.1. The van der Waals surface area contributed by atoms with E-state index in [-0.39, 0.29) is 117 Å². The molecule has 8 aliphatic rings. The number of ketones is 2. The summed E-state index contributed by atoms with van der Waals surface area (Å²) in [4.78, 5) is 85.2. The normalized spacial score (nSPS) is 46.2. The Labute approximate surface area is 451 Å². The summed E-state index contributed by atoms with van der Waals surface area (Å²) in [5.41, 5.74) is -2.52. The predicted molar refractivity (Wildman–Crippen MR) is 290 cm³/mol. The molecule has 0 aromatic heterocycles. The van der Waals surface area contributed by atoms with Gasteiger partial charge in [-0.2, -0.15) is 0 Å². The van der Waals surface area contributed by atoms with Gasteiger partial charge in [0, 0.05) is 60.6 Å². The monoisotopic (exact) mass is 1050 g/mol. The Kier molecular flexibility index (Phi) is 17.5. The maximum absolute atomic E-state index is 14.3. The zero-order chi connectivity index (χ0) is 55.7. The fraction of sp³-hybridized carbons (Fsp3) is 0.902. The van der Waals surface area contributed by atoms with E-state index in [4.69, 9.17) is 14.2 Å². The molecule has 2 heterocycles. The Bertz CT molecular complexity index is 2150. The van der Waals surface area contributed by atoms with Gasteiger partial charge in [-0.05, 0) is 155 Å². The van der Waals surface area contributed by atoms with Gasteiger partial charge in [-0.1, -0.05) is 96.9 Å². The standard InChI is InChI=1S/C31H52N2O5.C30H50N2O5/c1-18(2)29(6)16-24(38-28(36)32-27(35)22-17-33(8)15-12-19(22)3)30(7)20(4)10-13-31(21(5)26(29)34)14-11-23(37-9)25(30)31;1-17(2)28(6)15-23(37-27(36)31-26(35)21-16-32(8)14-11-18(21)3)29(7)19(4)9-12-30(20(5)25(28)34)13-10-22(33)24(29)30/h18-25H,10-17H2,1-9H3,(H,32,35,36);17-21,23-25,34H,9-16H2,1-8H3,(H,31,35,36)/t19-,20+,21-,22-,23+,24+,25?,29-,30-,31?;18-,19+,20-,21-,23+,24?,25-,28-,29-,30?/m00/s1. The lowest BCUT2D eigenvalue weighted by Crippen LogP contribution is -2.64. The molecule has 14 heteroatoms. The van der Waals surface area contributed by atoms with Crippen molar-refractivity contribution in [2.75, 3.05) is 47.4 Å². The molecule has 4 unspecified atom stereocenters. The molecule has 0 aromatic carbocycles. The summed E-state index contributed by atoms with van der Waals surface area (Å²) in [5, 5.41) is 17.0. The molecule has 8 fully saturated rings. The van der Waals surface area contributed by atoms with Crippen LogP contribution in [0.1, 0.15) is 174 Å². The molecule has 75 heavy (non-hydrogen) atoms. The van der Waals surface area contributed by atoms with Gasteiger partial charge < -0.3 is 29.1 Å². The van der Waals surface area contributed by atoms with E-state index in [1.807, 2.05) is 14.1 Å². The van der Waals surface area contributed by atoms with Crippen LogP contribution in [0.2, 0.25) is 0 Å². The number of aliphatic hydroxyl groups excluding tert-OH is 1. The summed E-state index contributed by atoms with van der Waals surface area (Å²) in [5.74, 6) is 0.325. The van der Waals surface area contributed by atoms with Gasteiger partial charge in [-0.25, -0.2) is 9.59 Å². The summed E-state index contributed by atoms with van der Waals surface area (Å²) in [6, 6.07) is 0. The highest BCUT2D eigenvalue weighted by Crippen LogP contribution is 2.70. The summed E-state index contributed by atoms with van der Waals surface area (Å²) in [6.07, 6.45) is 6.72. The lowest BCUT2D eigenvalue weighted by molar-refractivity contribution is -0.204. The van der Waals surface area contributed by atoms with Crippen LogP contribution in [-0.2, 0) is 33.4 Å². The number of nitrogens with one attached hydrogen (secondary N) is 2. The SMILES string of the molecule is CC(C)[C@]1(C)C[C@@H](OC(=O)NC(=O)[C@H]2CN(C)CC[C@@H]2C)[C@@]2(C)C3C(=O)CCC3(CC[C@H]2C)[C@@H](C)[C@@H]1O.CO[C@@H]1CCC23CC[C@@H](C)[C@](C)(C12)[C@H](OC(=O)NC(=O)[C@H]1CN(C)CC[C@@H]1C)C[C@@](C)(C(C)C)C(=O)[C@@H]3C. The Balaban J connectivity index is 0.000000219. The van der Waals surface area contributed by atoms with Crippen molar-refractivity contribution >= 4 is 35.6 Å². The lowest BCUT2D eigenvalue weighted by atomic mass is 9.43. The minimum atomic E-state index is -0.723. The number of amides is 4. The molecule has 8 rings (SSSR count). The van der Waals surface area contributed by atoms with Crippen molar-refractivity contribution < 1.29 is 48.1 Å². The number of alkyl carbamates (subject to hydrolysis) is 2. The molecular formula is C61H102N4O10. The smallest absolute Gasteiger partial charge is 0.414 e.